The molecule has 1 aliphatic heterocycles. The van der Waals surface area contributed by atoms with Crippen molar-refractivity contribution in [3.8, 4) is 6.07 Å². The van der Waals surface area contributed by atoms with E-state index in [1.807, 2.05) is 0 Å². The van der Waals surface area contributed by atoms with Crippen LogP contribution in [0.1, 0.15) is 25.0 Å². The van der Waals surface area contributed by atoms with E-state index in [-0.39, 0.29) is 11.4 Å². The molecule has 7 nitrogen and oxygen atoms in total. The van der Waals surface area contributed by atoms with Gasteiger partial charge in [-0.2, -0.15) is 5.26 Å². The van der Waals surface area contributed by atoms with Crippen LogP contribution in [0.25, 0.3) is 0 Å². The van der Waals surface area contributed by atoms with Gasteiger partial charge in [-0.05, 0) is 37.8 Å². The van der Waals surface area contributed by atoms with Crippen molar-refractivity contribution in [2.45, 2.75) is 19.3 Å². The minimum Gasteiger partial charge on any atom is -0.357 e. The zero-order valence-corrected chi connectivity index (χ0v) is 11.2. The first kappa shape index (κ1) is 14.2. The molecular weight excluding hydrogens is 258 g/mol. The third kappa shape index (κ3) is 3.03. The highest BCUT2D eigenvalue weighted by atomic mass is 16.6. The molecule has 0 aromatic carbocycles. The Kier molecular flexibility index (Phi) is 4.48. The molecule has 2 rings (SSSR count). The maximum absolute atomic E-state index is 10.8. The number of nitrogens with zero attached hydrogens (tertiary/aromatic N) is 4. The van der Waals surface area contributed by atoms with Gasteiger partial charge in [-0.1, -0.05) is 0 Å². The molecule has 0 radical (unpaired) electrons. The van der Waals surface area contributed by atoms with Crippen LogP contribution in [0.5, 0.6) is 0 Å². The molecule has 7 heteroatoms. The number of rotatable bonds is 4. The van der Waals surface area contributed by atoms with Crippen LogP contribution in [0.15, 0.2) is 12.1 Å². The van der Waals surface area contributed by atoms with Crippen LogP contribution < -0.4 is 10.6 Å². The van der Waals surface area contributed by atoms with E-state index in [0.717, 1.165) is 32.4 Å². The van der Waals surface area contributed by atoms with Crippen LogP contribution in [0, 0.1) is 27.4 Å². The van der Waals surface area contributed by atoms with Gasteiger partial charge in [-0.25, -0.2) is 4.98 Å². The van der Waals surface area contributed by atoms with Crippen LogP contribution >= 0.6 is 0 Å². The average Bonchev–Trinajstić information content (AvgIpc) is 2.47. The number of nitriles is 1. The summed E-state index contributed by atoms with van der Waals surface area (Å²) in [6.07, 6.45) is 3.11. The highest BCUT2D eigenvalue weighted by Gasteiger charge is 2.22. The predicted molar refractivity (Wildman–Crippen MR) is 74.2 cm³/mol. The fraction of sp³-hybridized carbons (Fsp3) is 0.538. The number of nitro groups is 1. The minimum absolute atomic E-state index is 0.128. The number of aromatic nitrogens is 1. The molecule has 0 unspecified atom stereocenters. The van der Waals surface area contributed by atoms with Crippen molar-refractivity contribution in [1.82, 2.24) is 4.98 Å². The molecule has 106 valence electrons. The van der Waals surface area contributed by atoms with E-state index in [4.69, 9.17) is 11.0 Å². The smallest absolute Gasteiger partial charge is 0.305 e. The highest BCUT2D eigenvalue weighted by Crippen LogP contribution is 2.26. The molecule has 2 heterocycles. The topological polar surface area (TPSA) is 109 Å². The lowest BCUT2D eigenvalue weighted by Gasteiger charge is -2.32. The SMILES string of the molecule is N#Cc1nc(N2CCC(CCN)CC2)ccc1[N+](=O)[O-]. The monoisotopic (exact) mass is 275 g/mol. The van der Waals surface area contributed by atoms with Crippen molar-refractivity contribution in [3.63, 3.8) is 0 Å². The van der Waals surface area contributed by atoms with Crippen molar-refractivity contribution < 1.29 is 4.92 Å². The van der Waals surface area contributed by atoms with E-state index >= 15 is 0 Å². The van der Waals surface area contributed by atoms with Crippen molar-refractivity contribution >= 4 is 11.5 Å². The number of piperidine rings is 1. The van der Waals surface area contributed by atoms with Gasteiger partial charge in [0, 0.05) is 19.2 Å². The normalized spacial score (nSPS) is 15.9. The van der Waals surface area contributed by atoms with Gasteiger partial charge >= 0.3 is 5.69 Å². The lowest BCUT2D eigenvalue weighted by molar-refractivity contribution is -0.385. The molecule has 1 fully saturated rings. The number of pyridine rings is 1. The zero-order chi connectivity index (χ0) is 14.5. The summed E-state index contributed by atoms with van der Waals surface area (Å²) in [4.78, 5) is 16.4. The Morgan fingerprint density at radius 3 is 2.75 bits per heavy atom. The molecule has 0 amide bonds. The molecule has 0 bridgehead atoms. The first-order valence-electron chi connectivity index (χ1n) is 6.66. The fourth-order valence-corrected chi connectivity index (χ4v) is 2.53. The fourth-order valence-electron chi connectivity index (χ4n) is 2.53. The van der Waals surface area contributed by atoms with Gasteiger partial charge < -0.3 is 10.6 Å². The van der Waals surface area contributed by atoms with Crippen LogP contribution in [0.3, 0.4) is 0 Å². The van der Waals surface area contributed by atoms with Gasteiger partial charge in [0.25, 0.3) is 0 Å². The molecular formula is C13H17N5O2. The van der Waals surface area contributed by atoms with Crippen molar-refractivity contribution in [2.75, 3.05) is 24.5 Å². The number of hydrogen-bond acceptors (Lipinski definition) is 6. The number of hydrogen-bond donors (Lipinski definition) is 1. The maximum atomic E-state index is 10.8. The summed E-state index contributed by atoms with van der Waals surface area (Å²) in [5.41, 5.74) is 5.19. The first-order valence-corrected chi connectivity index (χ1v) is 6.66. The van der Waals surface area contributed by atoms with E-state index < -0.39 is 4.92 Å². The molecule has 1 saturated heterocycles. The van der Waals surface area contributed by atoms with Gasteiger partial charge in [0.1, 0.15) is 11.9 Å². The van der Waals surface area contributed by atoms with E-state index in [1.54, 1.807) is 12.1 Å². The van der Waals surface area contributed by atoms with Crippen LogP contribution in [0.4, 0.5) is 11.5 Å². The van der Waals surface area contributed by atoms with E-state index in [1.165, 1.54) is 6.07 Å². The summed E-state index contributed by atoms with van der Waals surface area (Å²) in [5, 5.41) is 19.7. The van der Waals surface area contributed by atoms with Crippen LogP contribution in [-0.2, 0) is 0 Å². The lowest BCUT2D eigenvalue weighted by Crippen LogP contribution is -2.34. The average molecular weight is 275 g/mol. The second kappa shape index (κ2) is 6.30. The molecule has 0 aliphatic carbocycles. The van der Waals surface area contributed by atoms with Gasteiger partial charge in [0.2, 0.25) is 5.69 Å². The van der Waals surface area contributed by atoms with Crippen LogP contribution in [-0.4, -0.2) is 29.5 Å². The van der Waals surface area contributed by atoms with E-state index in [0.29, 0.717) is 18.3 Å². The summed E-state index contributed by atoms with van der Waals surface area (Å²) in [6, 6.07) is 4.76. The second-order valence-corrected chi connectivity index (χ2v) is 4.91. The Balaban J connectivity index is 2.11. The lowest BCUT2D eigenvalue weighted by atomic mass is 9.93. The van der Waals surface area contributed by atoms with Crippen LogP contribution in [0.2, 0.25) is 0 Å². The van der Waals surface area contributed by atoms with Crippen molar-refractivity contribution in [1.29, 1.82) is 5.26 Å². The minimum atomic E-state index is -0.581. The Labute approximate surface area is 117 Å². The van der Waals surface area contributed by atoms with E-state index in [9.17, 15) is 10.1 Å². The third-order valence-electron chi connectivity index (χ3n) is 3.68. The quantitative estimate of drug-likeness (QED) is 0.657. The largest absolute Gasteiger partial charge is 0.357 e. The molecule has 0 atom stereocenters. The second-order valence-electron chi connectivity index (χ2n) is 4.91. The third-order valence-corrected chi connectivity index (χ3v) is 3.68. The summed E-state index contributed by atoms with van der Waals surface area (Å²) >= 11 is 0. The summed E-state index contributed by atoms with van der Waals surface area (Å²) < 4.78 is 0. The Hall–Kier alpha value is -2.20. The maximum Gasteiger partial charge on any atom is 0.305 e. The van der Waals surface area contributed by atoms with Gasteiger partial charge in [0.05, 0.1) is 4.92 Å². The molecule has 1 aliphatic rings. The van der Waals surface area contributed by atoms with E-state index in [2.05, 4.69) is 9.88 Å². The van der Waals surface area contributed by atoms with Gasteiger partial charge in [0.15, 0.2) is 0 Å². The summed E-state index contributed by atoms with van der Waals surface area (Å²) in [6.45, 7) is 2.40. The Morgan fingerprint density at radius 2 is 2.20 bits per heavy atom. The Morgan fingerprint density at radius 1 is 1.50 bits per heavy atom. The number of nitrogens with two attached hydrogens (primary N) is 1. The molecule has 0 spiro atoms. The van der Waals surface area contributed by atoms with Crippen molar-refractivity contribution in [2.24, 2.45) is 11.7 Å². The highest BCUT2D eigenvalue weighted by molar-refractivity contribution is 5.51. The first-order chi connectivity index (χ1) is 9.65. The van der Waals surface area contributed by atoms with Gasteiger partial charge in [-0.15, -0.1) is 0 Å². The predicted octanol–water partition coefficient (Wildman–Crippen LogP) is 1.43. The molecule has 1 aromatic rings. The molecule has 0 saturated carbocycles. The standard InChI is InChI=1S/C13H17N5O2/c14-6-3-10-4-7-17(8-5-10)13-2-1-12(18(19)20)11(9-15)16-13/h1-2,10H,3-8,14H2. The molecule has 2 N–H and O–H groups in total. The number of anilines is 1. The Bertz CT molecular complexity index is 532. The van der Waals surface area contributed by atoms with Gasteiger partial charge in [-0.3, -0.25) is 10.1 Å². The molecule has 20 heavy (non-hydrogen) atoms. The zero-order valence-electron chi connectivity index (χ0n) is 11.2. The summed E-state index contributed by atoms with van der Waals surface area (Å²) in [7, 11) is 0. The summed E-state index contributed by atoms with van der Waals surface area (Å²) in [5.74, 6) is 1.28. The molecule has 1 aromatic heterocycles. The van der Waals surface area contributed by atoms with Crippen molar-refractivity contribution in [3.05, 3.63) is 27.9 Å².